The molecule has 8 heteroatoms. The quantitative estimate of drug-likeness (QED) is 0.262. The van der Waals surface area contributed by atoms with Gasteiger partial charge in [0.15, 0.2) is 11.5 Å². The maximum Gasteiger partial charge on any atom is 0.335 e. The third-order valence-electron chi connectivity index (χ3n) is 5.48. The van der Waals surface area contributed by atoms with Gasteiger partial charge in [-0.15, -0.1) is 0 Å². The Kier molecular flexibility index (Phi) is 8.59. The minimum Gasteiger partial charge on any atom is -0.490 e. The van der Waals surface area contributed by atoms with Gasteiger partial charge in [0.05, 0.1) is 34.6 Å². The van der Waals surface area contributed by atoms with Crippen LogP contribution in [0, 0.1) is 3.57 Å². The van der Waals surface area contributed by atoms with Crippen molar-refractivity contribution < 1.29 is 24.1 Å². The average molecular weight is 586 g/mol. The first kappa shape index (κ1) is 25.0. The van der Waals surface area contributed by atoms with Crippen LogP contribution in [0.25, 0.3) is 0 Å². The molecule has 7 nitrogen and oxygen atoms in total. The van der Waals surface area contributed by atoms with E-state index < -0.39 is 5.97 Å². The first-order valence-corrected chi connectivity index (χ1v) is 12.5. The predicted molar refractivity (Wildman–Crippen MR) is 145 cm³/mol. The first-order valence-electron chi connectivity index (χ1n) is 11.4. The highest BCUT2D eigenvalue weighted by Crippen LogP contribution is 2.35. The van der Waals surface area contributed by atoms with Crippen molar-refractivity contribution in [2.24, 2.45) is 4.99 Å². The zero-order valence-corrected chi connectivity index (χ0v) is 21.6. The number of rotatable bonds is 9. The summed E-state index contributed by atoms with van der Waals surface area (Å²) in [5.41, 5.74) is 3.95. The Morgan fingerprint density at radius 1 is 1.11 bits per heavy atom. The summed E-state index contributed by atoms with van der Waals surface area (Å²) in [5.74, 6) is 0.286. The number of halogens is 1. The Balaban J connectivity index is 1.47. The minimum atomic E-state index is -0.962. The van der Waals surface area contributed by atoms with Crippen molar-refractivity contribution in [3.05, 3.63) is 80.9 Å². The molecule has 4 rings (SSSR count). The molecule has 1 aliphatic rings. The number of ether oxygens (including phenoxy) is 3. The molecule has 0 amide bonds. The maximum absolute atomic E-state index is 11.2. The van der Waals surface area contributed by atoms with E-state index in [1.807, 2.05) is 43.5 Å². The van der Waals surface area contributed by atoms with Crippen LogP contribution in [0.4, 0.5) is 11.4 Å². The number of hydrogen-bond acceptors (Lipinski definition) is 6. The lowest BCUT2D eigenvalue weighted by Gasteiger charge is -2.28. The summed E-state index contributed by atoms with van der Waals surface area (Å²) in [6.07, 6.45) is 1.81. The van der Waals surface area contributed by atoms with Gasteiger partial charge in [0.25, 0.3) is 0 Å². The van der Waals surface area contributed by atoms with E-state index in [1.165, 1.54) is 5.69 Å². The predicted octanol–water partition coefficient (Wildman–Crippen LogP) is 5.55. The van der Waals surface area contributed by atoms with Gasteiger partial charge in [-0.3, -0.25) is 4.99 Å². The van der Waals surface area contributed by atoms with Gasteiger partial charge in [-0.1, -0.05) is 12.1 Å². The summed E-state index contributed by atoms with van der Waals surface area (Å²) in [5, 5.41) is 9.21. The van der Waals surface area contributed by atoms with Crippen molar-refractivity contribution in [2.75, 3.05) is 37.8 Å². The van der Waals surface area contributed by atoms with E-state index >= 15 is 0 Å². The molecule has 1 saturated heterocycles. The van der Waals surface area contributed by atoms with Gasteiger partial charge in [0.2, 0.25) is 0 Å². The molecular formula is C27H27IN2O5. The number of aromatic carboxylic acids is 1. The van der Waals surface area contributed by atoms with Gasteiger partial charge in [0.1, 0.15) is 6.61 Å². The second-order valence-corrected chi connectivity index (χ2v) is 9.09. The van der Waals surface area contributed by atoms with Crippen LogP contribution in [0.3, 0.4) is 0 Å². The van der Waals surface area contributed by atoms with E-state index in [0.717, 1.165) is 46.7 Å². The molecule has 1 heterocycles. The third-order valence-corrected chi connectivity index (χ3v) is 6.28. The van der Waals surface area contributed by atoms with E-state index in [4.69, 9.17) is 14.2 Å². The fourth-order valence-electron chi connectivity index (χ4n) is 3.74. The van der Waals surface area contributed by atoms with Gasteiger partial charge in [-0.05, 0) is 89.2 Å². The SMILES string of the molecule is CCOc1cc(C=Nc2ccc(N3CCOCC3)cc2)cc(I)c1OCc1cccc(C(=O)O)c1. The van der Waals surface area contributed by atoms with E-state index in [-0.39, 0.29) is 12.2 Å². The highest BCUT2D eigenvalue weighted by atomic mass is 127. The molecule has 0 aromatic heterocycles. The standard InChI is InChI=1S/C27H27IN2O5/c1-2-34-25-16-20(17-29-22-6-8-23(9-7-22)30-10-12-33-13-11-30)15-24(28)26(25)35-18-19-4-3-5-21(14-19)27(31)32/h3-9,14-17H,2,10-13,18H2,1H3,(H,31,32). The van der Waals surface area contributed by atoms with Gasteiger partial charge in [-0.25, -0.2) is 4.79 Å². The smallest absolute Gasteiger partial charge is 0.335 e. The van der Waals surface area contributed by atoms with Crippen LogP contribution in [0.5, 0.6) is 11.5 Å². The number of anilines is 1. The Morgan fingerprint density at radius 2 is 1.89 bits per heavy atom. The van der Waals surface area contributed by atoms with Crippen molar-refractivity contribution in [3.8, 4) is 11.5 Å². The minimum absolute atomic E-state index is 0.232. The fraction of sp³-hybridized carbons (Fsp3) is 0.259. The van der Waals surface area contributed by atoms with Crippen LogP contribution in [0.1, 0.15) is 28.4 Å². The van der Waals surface area contributed by atoms with Crippen molar-refractivity contribution in [3.63, 3.8) is 0 Å². The molecule has 0 atom stereocenters. The van der Waals surface area contributed by atoms with Crippen molar-refractivity contribution in [2.45, 2.75) is 13.5 Å². The molecule has 0 spiro atoms. The second kappa shape index (κ2) is 12.0. The molecule has 0 saturated carbocycles. The maximum atomic E-state index is 11.2. The van der Waals surface area contributed by atoms with Crippen LogP contribution < -0.4 is 14.4 Å². The zero-order valence-electron chi connectivity index (χ0n) is 19.4. The van der Waals surface area contributed by atoms with Crippen LogP contribution in [0.2, 0.25) is 0 Å². The molecule has 182 valence electrons. The largest absolute Gasteiger partial charge is 0.490 e. The molecule has 1 N–H and O–H groups in total. The zero-order chi connectivity index (χ0) is 24.6. The lowest BCUT2D eigenvalue weighted by atomic mass is 10.1. The Morgan fingerprint density at radius 3 is 2.60 bits per heavy atom. The molecule has 0 aliphatic carbocycles. The number of aliphatic imine (C=N–C) groups is 1. The summed E-state index contributed by atoms with van der Waals surface area (Å²) in [6.45, 7) is 5.97. The molecule has 1 aliphatic heterocycles. The van der Waals surface area contributed by atoms with Gasteiger partial charge in [-0.2, -0.15) is 0 Å². The lowest BCUT2D eigenvalue weighted by Crippen LogP contribution is -2.36. The second-order valence-electron chi connectivity index (χ2n) is 7.93. The van der Waals surface area contributed by atoms with Gasteiger partial charge in [0, 0.05) is 25.0 Å². The Hall–Kier alpha value is -3.11. The number of carbonyl (C=O) groups is 1. The highest BCUT2D eigenvalue weighted by Gasteiger charge is 2.13. The summed E-state index contributed by atoms with van der Waals surface area (Å²) < 4.78 is 18.2. The van der Waals surface area contributed by atoms with E-state index in [0.29, 0.717) is 18.1 Å². The molecule has 0 unspecified atom stereocenters. The lowest BCUT2D eigenvalue weighted by molar-refractivity contribution is 0.0696. The summed E-state index contributed by atoms with van der Waals surface area (Å²) in [7, 11) is 0. The molecule has 1 fully saturated rings. The van der Waals surface area contributed by atoms with E-state index in [1.54, 1.807) is 18.2 Å². The average Bonchev–Trinajstić information content (AvgIpc) is 2.88. The van der Waals surface area contributed by atoms with Crippen LogP contribution in [0.15, 0.2) is 65.7 Å². The number of benzene rings is 3. The molecule has 3 aromatic carbocycles. The van der Waals surface area contributed by atoms with E-state index in [2.05, 4.69) is 44.6 Å². The molecular weight excluding hydrogens is 559 g/mol. The highest BCUT2D eigenvalue weighted by molar-refractivity contribution is 14.1. The summed E-state index contributed by atoms with van der Waals surface area (Å²) >= 11 is 2.22. The number of carboxylic acid groups (broad SMARTS) is 1. The summed E-state index contributed by atoms with van der Waals surface area (Å²) in [6, 6.07) is 18.8. The number of nitrogens with zero attached hydrogens (tertiary/aromatic N) is 2. The monoisotopic (exact) mass is 586 g/mol. The van der Waals surface area contributed by atoms with Crippen LogP contribution >= 0.6 is 22.6 Å². The number of hydrogen-bond donors (Lipinski definition) is 1. The topological polar surface area (TPSA) is 80.6 Å². The molecule has 35 heavy (non-hydrogen) atoms. The molecule has 0 radical (unpaired) electrons. The van der Waals surface area contributed by atoms with Crippen LogP contribution in [-0.2, 0) is 11.3 Å². The van der Waals surface area contributed by atoms with Gasteiger partial charge >= 0.3 is 5.97 Å². The Labute approximate surface area is 218 Å². The fourth-order valence-corrected chi connectivity index (χ4v) is 4.52. The van der Waals surface area contributed by atoms with Crippen molar-refractivity contribution in [1.29, 1.82) is 0 Å². The van der Waals surface area contributed by atoms with Crippen molar-refractivity contribution >= 4 is 46.1 Å². The van der Waals surface area contributed by atoms with Crippen molar-refractivity contribution in [1.82, 2.24) is 0 Å². The molecule has 3 aromatic rings. The Bertz CT molecular complexity index is 1190. The normalized spacial score (nSPS) is 13.7. The summed E-state index contributed by atoms with van der Waals surface area (Å²) in [4.78, 5) is 18.2. The first-order chi connectivity index (χ1) is 17.0. The van der Waals surface area contributed by atoms with Gasteiger partial charge < -0.3 is 24.2 Å². The molecule has 0 bridgehead atoms. The number of morpholine rings is 1. The van der Waals surface area contributed by atoms with Crippen LogP contribution in [-0.4, -0.2) is 50.2 Å². The number of carboxylic acids is 1. The van der Waals surface area contributed by atoms with E-state index in [9.17, 15) is 9.90 Å². The third kappa shape index (κ3) is 6.73.